The number of hydrogen-bond acceptors (Lipinski definition) is 4. The van der Waals surface area contributed by atoms with Crippen molar-refractivity contribution in [2.45, 2.75) is 46.2 Å². The summed E-state index contributed by atoms with van der Waals surface area (Å²) in [6.07, 6.45) is 0.630. The summed E-state index contributed by atoms with van der Waals surface area (Å²) in [7, 11) is 0. The minimum absolute atomic E-state index is 0.105. The summed E-state index contributed by atoms with van der Waals surface area (Å²) in [5, 5.41) is 15.3. The Balaban J connectivity index is 2.67. The number of amides is 1. The molecule has 0 radical (unpaired) electrons. The van der Waals surface area contributed by atoms with Crippen LogP contribution in [0.5, 0.6) is 5.75 Å². The van der Waals surface area contributed by atoms with Gasteiger partial charge in [-0.05, 0) is 38.3 Å². The lowest BCUT2D eigenvalue weighted by molar-refractivity contribution is -0.118. The van der Waals surface area contributed by atoms with E-state index < -0.39 is 0 Å². The summed E-state index contributed by atoms with van der Waals surface area (Å²) < 4.78 is 5.51. The number of para-hydroxylation sites is 2. The molecule has 0 saturated heterocycles. The summed E-state index contributed by atoms with van der Waals surface area (Å²) in [4.78, 5) is 12.3. The number of rotatable bonds is 9. The Morgan fingerprint density at radius 1 is 1.27 bits per heavy atom. The van der Waals surface area contributed by atoms with Gasteiger partial charge in [0, 0.05) is 12.6 Å². The maximum Gasteiger partial charge on any atom is 0.241 e. The highest BCUT2D eigenvalue weighted by Gasteiger charge is 2.20. The van der Waals surface area contributed by atoms with Crippen LogP contribution in [-0.2, 0) is 4.79 Å². The van der Waals surface area contributed by atoms with E-state index in [-0.39, 0.29) is 24.6 Å². The van der Waals surface area contributed by atoms with Crippen molar-refractivity contribution in [3.63, 3.8) is 0 Å². The third-order valence-corrected chi connectivity index (χ3v) is 3.55. The molecule has 3 N–H and O–H groups in total. The fraction of sp³-hybridized carbons (Fsp3) is 0.588. The van der Waals surface area contributed by atoms with Crippen molar-refractivity contribution in [1.82, 2.24) is 5.32 Å². The number of nitrogens with one attached hydrogen (secondary N) is 2. The first-order valence-electron chi connectivity index (χ1n) is 7.89. The molecule has 0 fully saturated rings. The molecule has 1 aromatic rings. The van der Waals surface area contributed by atoms with E-state index in [0.29, 0.717) is 30.4 Å². The molecule has 0 bridgehead atoms. The number of carbonyl (C=O) groups is 1. The van der Waals surface area contributed by atoms with E-state index in [1.165, 1.54) is 0 Å². The zero-order valence-electron chi connectivity index (χ0n) is 13.9. The quantitative estimate of drug-likeness (QED) is 0.655. The van der Waals surface area contributed by atoms with Crippen LogP contribution in [0.4, 0.5) is 5.69 Å². The van der Waals surface area contributed by atoms with E-state index in [1.54, 1.807) is 0 Å². The van der Waals surface area contributed by atoms with Crippen molar-refractivity contribution < 1.29 is 14.6 Å². The van der Waals surface area contributed by atoms with Crippen molar-refractivity contribution in [3.8, 4) is 5.75 Å². The van der Waals surface area contributed by atoms with Crippen LogP contribution in [0.25, 0.3) is 0 Å². The minimum Gasteiger partial charge on any atom is -0.492 e. The Bertz CT molecular complexity index is 463. The lowest BCUT2D eigenvalue weighted by atomic mass is 10.0. The Kier molecular flexibility index (Phi) is 7.91. The highest BCUT2D eigenvalue weighted by atomic mass is 16.5. The molecule has 0 aromatic heterocycles. The van der Waals surface area contributed by atoms with Gasteiger partial charge in [0.2, 0.25) is 5.91 Å². The molecular formula is C17H28N2O3. The van der Waals surface area contributed by atoms with E-state index in [1.807, 2.05) is 38.1 Å². The van der Waals surface area contributed by atoms with E-state index in [9.17, 15) is 4.79 Å². The lowest BCUT2D eigenvalue weighted by Crippen LogP contribution is -2.46. The van der Waals surface area contributed by atoms with Gasteiger partial charge in [-0.1, -0.05) is 26.0 Å². The van der Waals surface area contributed by atoms with Crippen molar-refractivity contribution in [2.24, 2.45) is 5.92 Å². The van der Waals surface area contributed by atoms with Crippen LogP contribution in [-0.4, -0.2) is 36.3 Å². The number of anilines is 1. The van der Waals surface area contributed by atoms with Gasteiger partial charge >= 0.3 is 0 Å². The summed E-state index contributed by atoms with van der Waals surface area (Å²) in [6.45, 7) is 8.53. The van der Waals surface area contributed by atoms with Crippen LogP contribution in [0, 0.1) is 5.92 Å². The molecule has 0 aliphatic carbocycles. The number of aliphatic hydroxyl groups is 1. The normalized spacial score (nSPS) is 13.7. The molecule has 0 heterocycles. The zero-order valence-corrected chi connectivity index (χ0v) is 13.9. The zero-order chi connectivity index (χ0) is 16.5. The molecule has 1 aromatic carbocycles. The monoisotopic (exact) mass is 308 g/mol. The van der Waals surface area contributed by atoms with Gasteiger partial charge in [-0.25, -0.2) is 0 Å². The number of hydrogen-bond donors (Lipinski definition) is 3. The van der Waals surface area contributed by atoms with Crippen LogP contribution in [0.1, 0.15) is 34.1 Å². The van der Waals surface area contributed by atoms with E-state index in [0.717, 1.165) is 0 Å². The van der Waals surface area contributed by atoms with Gasteiger partial charge in [-0.3, -0.25) is 4.79 Å². The molecule has 1 amide bonds. The molecule has 5 nitrogen and oxygen atoms in total. The summed E-state index contributed by atoms with van der Waals surface area (Å²) in [5.74, 6) is 0.898. The third-order valence-electron chi connectivity index (χ3n) is 3.55. The van der Waals surface area contributed by atoms with Crippen molar-refractivity contribution in [1.29, 1.82) is 0 Å². The highest BCUT2D eigenvalue weighted by Crippen LogP contribution is 2.23. The minimum atomic E-state index is -0.353. The number of benzene rings is 1. The molecule has 22 heavy (non-hydrogen) atoms. The van der Waals surface area contributed by atoms with Crippen LogP contribution in [0.15, 0.2) is 24.3 Å². The maximum atomic E-state index is 12.3. The smallest absolute Gasteiger partial charge is 0.241 e. The van der Waals surface area contributed by atoms with E-state index >= 15 is 0 Å². The molecule has 5 heteroatoms. The third kappa shape index (κ3) is 5.66. The predicted octanol–water partition coefficient (Wildman–Crippen LogP) is 2.41. The fourth-order valence-electron chi connectivity index (χ4n) is 2.24. The van der Waals surface area contributed by atoms with Crippen LogP contribution >= 0.6 is 0 Å². The summed E-state index contributed by atoms with van der Waals surface area (Å²) in [6, 6.07) is 7.14. The number of ether oxygens (including phenoxy) is 1. The van der Waals surface area contributed by atoms with Gasteiger partial charge in [0.25, 0.3) is 0 Å². The first kappa shape index (κ1) is 18.5. The highest BCUT2D eigenvalue weighted by molar-refractivity contribution is 5.95. The molecule has 1 rings (SSSR count). The Labute approximate surface area is 133 Å². The Morgan fingerprint density at radius 2 is 1.95 bits per heavy atom. The summed E-state index contributed by atoms with van der Waals surface area (Å²) >= 11 is 0. The second-order valence-electron chi connectivity index (χ2n) is 5.67. The van der Waals surface area contributed by atoms with Crippen molar-refractivity contribution in [3.05, 3.63) is 24.3 Å². The topological polar surface area (TPSA) is 70.6 Å². The van der Waals surface area contributed by atoms with Gasteiger partial charge in [0.1, 0.15) is 5.75 Å². The standard InChI is InChI=1S/C17H28N2O3/c1-5-22-16-9-7-6-8-15(16)19-17(21)13(4)18-14(10-11-20)12(2)3/h6-9,12-14,18,20H,5,10-11H2,1-4H3,(H,19,21)/t13-,14-/m0/s1. The van der Waals surface area contributed by atoms with Crippen LogP contribution < -0.4 is 15.4 Å². The first-order valence-corrected chi connectivity index (χ1v) is 7.89. The molecule has 0 spiro atoms. The first-order chi connectivity index (χ1) is 10.5. The van der Waals surface area contributed by atoms with Crippen LogP contribution in [0.2, 0.25) is 0 Å². The van der Waals surface area contributed by atoms with Crippen molar-refractivity contribution in [2.75, 3.05) is 18.5 Å². The second-order valence-corrected chi connectivity index (χ2v) is 5.67. The average molecular weight is 308 g/mol. The van der Waals surface area contributed by atoms with Crippen molar-refractivity contribution >= 4 is 11.6 Å². The maximum absolute atomic E-state index is 12.3. The molecule has 0 unspecified atom stereocenters. The van der Waals surface area contributed by atoms with E-state index in [4.69, 9.17) is 9.84 Å². The molecule has 0 saturated carbocycles. The largest absolute Gasteiger partial charge is 0.492 e. The Hall–Kier alpha value is -1.59. The number of aliphatic hydroxyl groups excluding tert-OH is 1. The molecule has 2 atom stereocenters. The van der Waals surface area contributed by atoms with Crippen LogP contribution in [0.3, 0.4) is 0 Å². The SMILES string of the molecule is CCOc1ccccc1NC(=O)[C@H](C)N[C@@H](CCO)C(C)C. The second kappa shape index (κ2) is 9.43. The number of carbonyl (C=O) groups excluding carboxylic acids is 1. The van der Waals surface area contributed by atoms with Gasteiger partial charge < -0.3 is 20.5 Å². The Morgan fingerprint density at radius 3 is 2.55 bits per heavy atom. The molecular weight excluding hydrogens is 280 g/mol. The van der Waals surface area contributed by atoms with E-state index in [2.05, 4.69) is 24.5 Å². The lowest BCUT2D eigenvalue weighted by Gasteiger charge is -2.25. The van der Waals surface area contributed by atoms with Gasteiger partial charge in [0.05, 0.1) is 18.3 Å². The molecule has 124 valence electrons. The fourth-order valence-corrected chi connectivity index (χ4v) is 2.24. The average Bonchev–Trinajstić information content (AvgIpc) is 2.48. The van der Waals surface area contributed by atoms with Gasteiger partial charge in [-0.2, -0.15) is 0 Å². The molecule has 0 aliphatic heterocycles. The van der Waals surface area contributed by atoms with Gasteiger partial charge in [0.15, 0.2) is 0 Å². The molecule has 0 aliphatic rings. The predicted molar refractivity (Wildman–Crippen MR) is 89.2 cm³/mol. The van der Waals surface area contributed by atoms with Gasteiger partial charge in [-0.15, -0.1) is 0 Å². The summed E-state index contributed by atoms with van der Waals surface area (Å²) in [5.41, 5.74) is 0.672.